The number of aliphatic carboxylic acids is 2. The second-order valence-corrected chi connectivity index (χ2v) is 17.0. The van der Waals surface area contributed by atoms with Crippen LogP contribution in [0.25, 0.3) is 34.0 Å². The van der Waals surface area contributed by atoms with Crippen molar-refractivity contribution in [2.75, 3.05) is 14.2 Å². The zero-order valence-corrected chi connectivity index (χ0v) is 40.1. The van der Waals surface area contributed by atoms with Crippen LogP contribution in [0.5, 0.6) is 11.5 Å². The summed E-state index contributed by atoms with van der Waals surface area (Å²) in [6.45, 7) is 0. The van der Waals surface area contributed by atoms with Crippen molar-refractivity contribution in [2.24, 2.45) is 0 Å². The Morgan fingerprint density at radius 3 is 1.42 bits per heavy atom. The molecule has 65 heavy (non-hydrogen) atoms. The van der Waals surface area contributed by atoms with Gasteiger partial charge in [-0.15, -0.1) is 0 Å². The number of carboxylic acid groups (broad SMARTS) is 2. The minimum atomic E-state index is -1.40. The number of carboxylic acids is 2. The molecule has 12 nitrogen and oxygen atoms in total. The molecular weight excluding hydrogens is 954 g/mol. The van der Waals surface area contributed by atoms with Gasteiger partial charge < -0.3 is 49.7 Å². The zero-order chi connectivity index (χ0) is 46.5. The smallest absolute Gasteiger partial charge is 0.550 e. The summed E-state index contributed by atoms with van der Waals surface area (Å²) in [5.41, 5.74) is 2.20. The van der Waals surface area contributed by atoms with Gasteiger partial charge in [0.15, 0.2) is 0 Å². The number of carbonyl (C=O) groups is 2. The van der Waals surface area contributed by atoms with Crippen molar-refractivity contribution in [2.45, 2.75) is 69.7 Å². The maximum absolute atomic E-state index is 14.3. The van der Waals surface area contributed by atoms with E-state index in [1.54, 1.807) is 38.8 Å². The first-order valence-corrected chi connectivity index (χ1v) is 21.6. The molecule has 2 aromatic heterocycles. The Labute approximate surface area is 420 Å². The van der Waals surface area contributed by atoms with Gasteiger partial charge in [-0.2, -0.15) is 0 Å². The summed E-state index contributed by atoms with van der Waals surface area (Å²) in [5.74, 6) is -2.63. The molecule has 0 aliphatic rings. The number of benzene rings is 4. The second kappa shape index (κ2) is 25.8. The van der Waals surface area contributed by atoms with E-state index in [0.29, 0.717) is 54.2 Å². The quantitative estimate of drug-likeness (QED) is 0.0677. The molecule has 0 aliphatic carbocycles. The van der Waals surface area contributed by atoms with Crippen molar-refractivity contribution in [3.8, 4) is 11.5 Å². The van der Waals surface area contributed by atoms with Crippen molar-refractivity contribution in [3.05, 3.63) is 130 Å². The van der Waals surface area contributed by atoms with E-state index < -0.39 is 60.8 Å². The third kappa shape index (κ3) is 16.1. The number of rotatable bonds is 18. The standard InChI is InChI=1S/2C23H21ClFNO5S.Ca/c2*1-31-16-3-2-4-17(9-16)32-23-13(5-6-14(27)7-15(28)8-22(29)30)12-26-21-11-19(24)20(25)10-18(21)23;/h2*2-6,9-12,14-15,27-28H,7-8H2,1H3,(H,29,30);/q;;+2/p-2/b2*6-5+;/t2*14-,15-;/m11./s1. The molecule has 6 rings (SSSR count). The predicted octanol–water partition coefficient (Wildman–Crippen LogP) is 6.52. The van der Waals surface area contributed by atoms with Gasteiger partial charge in [-0.25, -0.2) is 8.78 Å². The van der Waals surface area contributed by atoms with Crippen molar-refractivity contribution in [3.63, 3.8) is 0 Å². The largest absolute Gasteiger partial charge is 2.00 e. The van der Waals surface area contributed by atoms with Crippen LogP contribution >= 0.6 is 46.7 Å². The normalized spacial score (nSPS) is 13.2. The Morgan fingerprint density at radius 2 is 1.06 bits per heavy atom. The number of carbonyl (C=O) groups excluding carboxylic acids is 2. The van der Waals surface area contributed by atoms with E-state index in [9.17, 15) is 49.0 Å². The number of nitrogens with zero attached hydrogens (tertiary/aromatic N) is 2. The molecule has 0 unspecified atom stereocenters. The number of aromatic nitrogens is 2. The van der Waals surface area contributed by atoms with Crippen LogP contribution in [0, 0.1) is 11.6 Å². The fourth-order valence-corrected chi connectivity index (χ4v) is 8.54. The number of ether oxygens (including phenoxy) is 2. The summed E-state index contributed by atoms with van der Waals surface area (Å²) >= 11 is 14.6. The summed E-state index contributed by atoms with van der Waals surface area (Å²) in [4.78, 5) is 32.9. The maximum Gasteiger partial charge on any atom is 2.00 e. The van der Waals surface area contributed by atoms with Crippen molar-refractivity contribution < 1.29 is 58.5 Å². The van der Waals surface area contributed by atoms with Crippen molar-refractivity contribution in [1.29, 1.82) is 0 Å². The monoisotopic (exact) mass is 992 g/mol. The number of methoxy groups -OCH3 is 2. The summed E-state index contributed by atoms with van der Waals surface area (Å²) in [6.07, 6.45) is 3.00. The van der Waals surface area contributed by atoms with Gasteiger partial charge in [0.25, 0.3) is 0 Å². The SMILES string of the molecule is COc1cccc(Sc2c(/C=C/[C@@H](O)C[C@@H](O)CC(=O)[O-])cnc3cc(Cl)c(F)cc23)c1.COc1cccc(Sc2c(/C=C/[C@@H](O)C[C@@H](O)CC(=O)[O-])cnc3cc(Cl)c(F)cc23)c1.[Ca+2]. The first kappa shape index (κ1) is 53.6. The molecule has 336 valence electrons. The van der Waals surface area contributed by atoms with E-state index in [0.717, 1.165) is 9.79 Å². The van der Waals surface area contributed by atoms with Crippen LogP contribution in [0.1, 0.15) is 36.8 Å². The average Bonchev–Trinajstić information content (AvgIpc) is 3.24. The van der Waals surface area contributed by atoms with Gasteiger partial charge in [-0.05, 0) is 60.7 Å². The molecule has 0 saturated carbocycles. The Morgan fingerprint density at radius 1 is 0.677 bits per heavy atom. The number of aliphatic hydroxyl groups excluding tert-OH is 4. The molecule has 0 bridgehead atoms. The summed E-state index contributed by atoms with van der Waals surface area (Å²) in [7, 11) is 3.13. The van der Waals surface area contributed by atoms with Crippen LogP contribution in [-0.4, -0.2) is 119 Å². The second-order valence-electron chi connectivity index (χ2n) is 14.0. The third-order valence-corrected chi connectivity index (χ3v) is 12.0. The van der Waals surface area contributed by atoms with Gasteiger partial charge >= 0.3 is 37.7 Å². The number of hydrogen-bond acceptors (Lipinski definition) is 14. The number of halogens is 4. The molecule has 4 N–H and O–H groups in total. The van der Waals surface area contributed by atoms with Gasteiger partial charge in [0.2, 0.25) is 0 Å². The molecule has 0 aliphatic heterocycles. The van der Waals surface area contributed by atoms with Crippen LogP contribution in [0.3, 0.4) is 0 Å². The molecule has 0 amide bonds. The number of fused-ring (bicyclic) bond motifs is 2. The van der Waals surface area contributed by atoms with Crippen LogP contribution in [0.2, 0.25) is 10.0 Å². The first-order chi connectivity index (χ1) is 30.5. The van der Waals surface area contributed by atoms with Crippen LogP contribution < -0.4 is 19.7 Å². The first-order valence-electron chi connectivity index (χ1n) is 19.2. The van der Waals surface area contributed by atoms with Crippen LogP contribution in [0.15, 0.2) is 117 Å². The van der Waals surface area contributed by atoms with Gasteiger partial charge in [0, 0.05) is 91.5 Å². The molecule has 0 saturated heterocycles. The van der Waals surface area contributed by atoms with Crippen LogP contribution in [0.4, 0.5) is 8.78 Å². The van der Waals surface area contributed by atoms with Crippen molar-refractivity contribution in [1.82, 2.24) is 9.97 Å². The molecule has 2 heterocycles. The molecular formula is C46H40CaCl2F2N2O10S2. The van der Waals surface area contributed by atoms with E-state index >= 15 is 0 Å². The number of hydrogen-bond donors (Lipinski definition) is 4. The van der Waals surface area contributed by atoms with E-state index in [1.165, 1.54) is 59.9 Å². The van der Waals surface area contributed by atoms with Crippen LogP contribution in [-0.2, 0) is 9.59 Å². The van der Waals surface area contributed by atoms with E-state index in [1.807, 2.05) is 48.5 Å². The fourth-order valence-electron chi connectivity index (χ4n) is 6.08. The molecule has 19 heteroatoms. The Kier molecular flexibility index (Phi) is 21.2. The molecule has 0 radical (unpaired) electrons. The van der Waals surface area contributed by atoms with Gasteiger partial charge in [0.1, 0.15) is 23.1 Å². The van der Waals surface area contributed by atoms with Gasteiger partial charge in [-0.1, -0.05) is 83.2 Å². The fraction of sp³-hybridized carbons (Fsp3) is 0.217. The Bertz CT molecular complexity index is 2500. The van der Waals surface area contributed by atoms with E-state index in [4.69, 9.17) is 32.7 Å². The number of aliphatic hydroxyl groups is 4. The number of pyridine rings is 2. The summed E-state index contributed by atoms with van der Waals surface area (Å²) < 4.78 is 39.0. The molecule has 4 aromatic carbocycles. The average molecular weight is 994 g/mol. The third-order valence-electron chi connectivity index (χ3n) is 9.13. The molecule has 4 atom stereocenters. The van der Waals surface area contributed by atoms with Gasteiger partial charge in [0.05, 0.1) is 59.7 Å². The summed E-state index contributed by atoms with van der Waals surface area (Å²) in [6, 6.07) is 20.2. The van der Waals surface area contributed by atoms with E-state index in [2.05, 4.69) is 9.97 Å². The Hall–Kier alpha value is -4.04. The predicted molar refractivity (Wildman–Crippen MR) is 244 cm³/mol. The van der Waals surface area contributed by atoms with Crippen molar-refractivity contribution >= 4 is 130 Å². The Balaban J connectivity index is 0.000000280. The maximum atomic E-state index is 14.3. The zero-order valence-electron chi connectivity index (χ0n) is 34.7. The molecule has 0 spiro atoms. The van der Waals surface area contributed by atoms with E-state index in [-0.39, 0.29) is 60.6 Å². The summed E-state index contributed by atoms with van der Waals surface area (Å²) in [5, 5.41) is 61.8. The minimum Gasteiger partial charge on any atom is -0.550 e. The molecule has 0 fully saturated rings. The topological polar surface area (TPSA) is 205 Å². The molecule has 6 aromatic rings. The minimum absolute atomic E-state index is 0. The van der Waals surface area contributed by atoms with Gasteiger partial charge in [-0.3, -0.25) is 9.97 Å².